The molecule has 0 bridgehead atoms. The third kappa shape index (κ3) is 5.04. The second-order valence-corrected chi connectivity index (χ2v) is 8.65. The minimum atomic E-state index is -1.44. The van der Waals surface area contributed by atoms with Gasteiger partial charge in [0.05, 0.1) is 33.4 Å². The van der Waals surface area contributed by atoms with Crippen LogP contribution in [0.25, 0.3) is 0 Å². The smallest absolute Gasteiger partial charge is 0.229 e. The topological polar surface area (TPSA) is 147 Å². The molecule has 10 heteroatoms. The average molecular weight is 493 g/mol. The summed E-state index contributed by atoms with van der Waals surface area (Å²) in [5.74, 6) is 1.38. The fourth-order valence-electron chi connectivity index (χ4n) is 4.50. The van der Waals surface area contributed by atoms with Gasteiger partial charge in [0.25, 0.3) is 0 Å². The van der Waals surface area contributed by atoms with E-state index in [9.17, 15) is 25.5 Å². The molecule has 10 nitrogen and oxygen atoms in total. The molecule has 35 heavy (non-hydrogen) atoms. The molecule has 1 saturated heterocycles. The van der Waals surface area contributed by atoms with E-state index in [1.165, 1.54) is 7.11 Å². The molecule has 6 atom stereocenters. The van der Waals surface area contributed by atoms with E-state index in [0.717, 1.165) is 16.7 Å². The molecule has 2 aliphatic heterocycles. The Hall–Kier alpha value is -2.60. The Kier molecular flexibility index (Phi) is 8.00. The first-order valence-electron chi connectivity index (χ1n) is 11.5. The first-order valence-corrected chi connectivity index (χ1v) is 11.5. The molecular weight excluding hydrogens is 460 g/mol. The molecule has 0 aliphatic carbocycles. The van der Waals surface area contributed by atoms with Crippen LogP contribution in [0.5, 0.6) is 23.0 Å². The molecule has 0 aromatic heterocycles. The van der Waals surface area contributed by atoms with Gasteiger partial charge in [-0.15, -0.1) is 0 Å². The zero-order chi connectivity index (χ0) is 25.1. The zero-order valence-electron chi connectivity index (χ0n) is 19.7. The van der Waals surface area contributed by atoms with Crippen molar-refractivity contribution < 1.29 is 49.2 Å². The van der Waals surface area contributed by atoms with E-state index in [1.807, 2.05) is 12.1 Å². The molecule has 4 rings (SSSR count). The zero-order valence-corrected chi connectivity index (χ0v) is 19.7. The maximum Gasteiger partial charge on any atom is 0.229 e. The van der Waals surface area contributed by atoms with Crippen LogP contribution in [0.2, 0.25) is 0 Å². The highest BCUT2D eigenvalue weighted by Gasteiger charge is 2.40. The number of hydrogen-bond donors (Lipinski definition) is 5. The number of aliphatic hydroxyl groups is 5. The number of rotatable bonds is 9. The summed E-state index contributed by atoms with van der Waals surface area (Å²) < 4.78 is 28.3. The van der Waals surface area contributed by atoms with Crippen molar-refractivity contribution in [1.29, 1.82) is 0 Å². The number of aryl methyl sites for hydroxylation is 1. The summed E-state index contributed by atoms with van der Waals surface area (Å²) in [6.07, 6.45) is -4.46. The van der Waals surface area contributed by atoms with E-state index in [0.29, 0.717) is 30.1 Å². The fraction of sp³-hybridized carbons (Fsp3) is 0.520. The van der Waals surface area contributed by atoms with Gasteiger partial charge in [0.2, 0.25) is 6.29 Å². The molecule has 2 aromatic carbocycles. The van der Waals surface area contributed by atoms with Crippen molar-refractivity contribution in [3.63, 3.8) is 0 Å². The number of benzene rings is 2. The van der Waals surface area contributed by atoms with Gasteiger partial charge in [0.15, 0.2) is 23.0 Å². The van der Waals surface area contributed by atoms with Crippen molar-refractivity contribution in [2.45, 2.75) is 49.5 Å². The van der Waals surface area contributed by atoms with Crippen molar-refractivity contribution in [2.24, 2.45) is 0 Å². The number of fused-ring (bicyclic) bond motifs is 1. The standard InChI is InChI=1S/C25H32O10/c1-31-19-10-14(5-6-18(19)34-25-22(30)21(29)17(28)12-33-25)23-16(11-27)15-8-13(4-3-7-26)9-20(32-2)24(15)35-23/h5-6,8-10,16-17,21-23,25-30H,3-4,7,11-12H2,1-2H3/t16?,17-,21+,22-,23?,25+/m1/s1. The lowest BCUT2D eigenvalue weighted by Crippen LogP contribution is -2.54. The Morgan fingerprint density at radius 2 is 1.71 bits per heavy atom. The van der Waals surface area contributed by atoms with E-state index in [4.69, 9.17) is 23.7 Å². The number of aliphatic hydroxyl groups excluding tert-OH is 5. The summed E-state index contributed by atoms with van der Waals surface area (Å²) in [4.78, 5) is 0. The van der Waals surface area contributed by atoms with Crippen molar-refractivity contribution in [3.8, 4) is 23.0 Å². The molecule has 2 heterocycles. The van der Waals surface area contributed by atoms with E-state index in [-0.39, 0.29) is 31.5 Å². The summed E-state index contributed by atoms with van der Waals surface area (Å²) in [5, 5.41) is 49.2. The molecule has 1 fully saturated rings. The molecule has 2 aromatic rings. The Bertz CT molecular complexity index is 1010. The minimum Gasteiger partial charge on any atom is -0.493 e. The molecule has 2 unspecified atom stereocenters. The highest BCUT2D eigenvalue weighted by Crippen LogP contribution is 2.51. The van der Waals surface area contributed by atoms with E-state index < -0.39 is 30.7 Å². The van der Waals surface area contributed by atoms with Crippen LogP contribution in [0.1, 0.15) is 35.1 Å². The Labute approximate surface area is 203 Å². The largest absolute Gasteiger partial charge is 0.493 e. The van der Waals surface area contributed by atoms with Gasteiger partial charge in [0.1, 0.15) is 24.4 Å². The van der Waals surface area contributed by atoms with Gasteiger partial charge in [0, 0.05) is 12.2 Å². The van der Waals surface area contributed by atoms with Crippen molar-refractivity contribution >= 4 is 0 Å². The predicted octanol–water partition coefficient (Wildman–Crippen LogP) is 0.656. The second kappa shape index (κ2) is 11.0. The average Bonchev–Trinajstić information content (AvgIpc) is 3.25. The Morgan fingerprint density at radius 1 is 0.943 bits per heavy atom. The summed E-state index contributed by atoms with van der Waals surface area (Å²) >= 11 is 0. The lowest BCUT2D eigenvalue weighted by atomic mass is 9.90. The number of ether oxygens (including phenoxy) is 5. The molecule has 0 saturated carbocycles. The van der Waals surface area contributed by atoms with Crippen LogP contribution in [0.3, 0.4) is 0 Å². The van der Waals surface area contributed by atoms with Crippen molar-refractivity contribution in [2.75, 3.05) is 34.0 Å². The van der Waals surface area contributed by atoms with Crippen LogP contribution in [-0.2, 0) is 11.2 Å². The molecular formula is C25H32O10. The van der Waals surface area contributed by atoms with Gasteiger partial charge in [-0.2, -0.15) is 0 Å². The molecule has 5 N–H and O–H groups in total. The quantitative estimate of drug-likeness (QED) is 0.338. The maximum atomic E-state index is 10.2. The van der Waals surface area contributed by atoms with Gasteiger partial charge < -0.3 is 49.2 Å². The van der Waals surface area contributed by atoms with Gasteiger partial charge in [-0.1, -0.05) is 12.1 Å². The van der Waals surface area contributed by atoms with Crippen LogP contribution >= 0.6 is 0 Å². The van der Waals surface area contributed by atoms with Crippen LogP contribution in [0, 0.1) is 0 Å². The second-order valence-electron chi connectivity index (χ2n) is 8.65. The van der Waals surface area contributed by atoms with Crippen molar-refractivity contribution in [3.05, 3.63) is 47.0 Å². The van der Waals surface area contributed by atoms with E-state index in [1.54, 1.807) is 25.3 Å². The predicted molar refractivity (Wildman–Crippen MR) is 123 cm³/mol. The summed E-state index contributed by atoms with van der Waals surface area (Å²) in [5.41, 5.74) is 2.54. The fourth-order valence-corrected chi connectivity index (χ4v) is 4.50. The highest BCUT2D eigenvalue weighted by molar-refractivity contribution is 5.56. The highest BCUT2D eigenvalue weighted by atomic mass is 16.7. The Balaban J connectivity index is 1.59. The van der Waals surface area contributed by atoms with Gasteiger partial charge in [-0.05, 0) is 42.2 Å². The minimum absolute atomic E-state index is 0.0820. The molecule has 0 radical (unpaired) electrons. The molecule has 0 amide bonds. The number of methoxy groups -OCH3 is 2. The maximum absolute atomic E-state index is 10.2. The lowest BCUT2D eigenvalue weighted by Gasteiger charge is -2.35. The van der Waals surface area contributed by atoms with Crippen molar-refractivity contribution in [1.82, 2.24) is 0 Å². The van der Waals surface area contributed by atoms with Crippen LogP contribution in [0.4, 0.5) is 0 Å². The summed E-state index contributed by atoms with van der Waals surface area (Å²) in [7, 11) is 3.02. The third-order valence-corrected chi connectivity index (χ3v) is 6.41. The first-order chi connectivity index (χ1) is 16.9. The molecule has 2 aliphatic rings. The monoisotopic (exact) mass is 492 g/mol. The van der Waals surface area contributed by atoms with Crippen LogP contribution in [0.15, 0.2) is 30.3 Å². The lowest BCUT2D eigenvalue weighted by molar-refractivity contribution is -0.242. The molecule has 192 valence electrons. The third-order valence-electron chi connectivity index (χ3n) is 6.41. The van der Waals surface area contributed by atoms with E-state index in [2.05, 4.69) is 0 Å². The summed E-state index contributed by atoms with van der Waals surface area (Å²) in [6, 6.07) is 8.96. The Morgan fingerprint density at radius 3 is 2.40 bits per heavy atom. The SMILES string of the molecule is COc1cc(C2Oc3c(OC)cc(CCCO)cc3C2CO)ccc1O[C@@H]1OC[C@@H](O)[C@H](O)[C@H]1O. The normalized spacial score (nSPS) is 27.7. The summed E-state index contributed by atoms with van der Waals surface area (Å²) in [6.45, 7) is -0.260. The van der Waals surface area contributed by atoms with E-state index >= 15 is 0 Å². The molecule has 0 spiro atoms. The van der Waals surface area contributed by atoms with Gasteiger partial charge in [-0.3, -0.25) is 0 Å². The number of hydrogen-bond acceptors (Lipinski definition) is 10. The first kappa shape index (κ1) is 25.5. The van der Waals surface area contributed by atoms with Crippen LogP contribution in [-0.4, -0.2) is 84.2 Å². The van der Waals surface area contributed by atoms with Gasteiger partial charge in [-0.25, -0.2) is 0 Å². The van der Waals surface area contributed by atoms with Gasteiger partial charge >= 0.3 is 0 Å². The van der Waals surface area contributed by atoms with Crippen LogP contribution < -0.4 is 18.9 Å².